The Morgan fingerprint density at radius 3 is 2.76 bits per heavy atom. The van der Waals surface area contributed by atoms with Gasteiger partial charge in [-0.3, -0.25) is 5.32 Å². The number of halogens is 1. The van der Waals surface area contributed by atoms with Crippen LogP contribution in [-0.4, -0.2) is 6.09 Å². The first-order valence-corrected chi connectivity index (χ1v) is 7.50. The fraction of sp³-hybridized carbons (Fsp3) is 0. The van der Waals surface area contributed by atoms with Gasteiger partial charge in [0.2, 0.25) is 0 Å². The minimum atomic E-state index is -0.614. The highest BCUT2D eigenvalue weighted by Crippen LogP contribution is 2.32. The number of rotatable bonds is 2. The summed E-state index contributed by atoms with van der Waals surface area (Å²) in [4.78, 5) is 22.6. The van der Waals surface area contributed by atoms with Gasteiger partial charge in [-0.05, 0) is 28.1 Å². The fourth-order valence-electron chi connectivity index (χ4n) is 1.72. The second-order valence-electron chi connectivity index (χ2n) is 4.06. The number of anilines is 1. The number of ether oxygens (including phenoxy) is 1. The Hall–Kier alpha value is -2.12. The zero-order valence-corrected chi connectivity index (χ0v) is 12.9. The normalized spacial score (nSPS) is 10.5. The van der Waals surface area contributed by atoms with Crippen LogP contribution < -0.4 is 15.0 Å². The van der Waals surface area contributed by atoms with Crippen molar-refractivity contribution in [3.63, 3.8) is 0 Å². The molecule has 3 aromatic rings. The van der Waals surface area contributed by atoms with E-state index in [1.807, 2.05) is 6.07 Å². The maximum Gasteiger partial charge on any atom is 0.417 e. The van der Waals surface area contributed by atoms with Crippen molar-refractivity contribution in [2.24, 2.45) is 0 Å². The van der Waals surface area contributed by atoms with Crippen molar-refractivity contribution in [2.75, 3.05) is 5.32 Å². The lowest BCUT2D eigenvalue weighted by atomic mass is 10.3. The van der Waals surface area contributed by atoms with Gasteiger partial charge in [-0.1, -0.05) is 29.5 Å². The summed E-state index contributed by atoms with van der Waals surface area (Å²) in [5, 5.41) is 2.61. The van der Waals surface area contributed by atoms with Gasteiger partial charge in [0.05, 0.1) is 9.17 Å². The summed E-state index contributed by atoms with van der Waals surface area (Å²) < 4.78 is 11.4. The molecule has 2 aromatic carbocycles. The molecule has 1 heterocycles. The highest BCUT2D eigenvalue weighted by atomic mass is 79.9. The van der Waals surface area contributed by atoms with Gasteiger partial charge >= 0.3 is 11.0 Å². The summed E-state index contributed by atoms with van der Waals surface area (Å²) in [5.74, 6) is 0.313. The van der Waals surface area contributed by atoms with Crippen LogP contribution in [0.1, 0.15) is 0 Å². The maximum absolute atomic E-state index is 11.8. The van der Waals surface area contributed by atoms with Gasteiger partial charge in [-0.2, -0.15) is 0 Å². The summed E-state index contributed by atoms with van der Waals surface area (Å²) in [7, 11) is 0. The fourth-order valence-corrected chi connectivity index (χ4v) is 2.80. The van der Waals surface area contributed by atoms with Gasteiger partial charge in [-0.15, -0.1) is 0 Å². The van der Waals surface area contributed by atoms with E-state index >= 15 is 0 Å². The Bertz CT molecular complexity index is 856. The molecule has 1 amide bonds. The quantitative estimate of drug-likeness (QED) is 0.737. The molecule has 0 radical (unpaired) electrons. The smallest absolute Gasteiger partial charge is 0.414 e. The van der Waals surface area contributed by atoms with E-state index in [1.165, 1.54) is 0 Å². The molecule has 3 rings (SSSR count). The van der Waals surface area contributed by atoms with Gasteiger partial charge < -0.3 is 9.15 Å². The first-order valence-electron chi connectivity index (χ1n) is 5.89. The molecule has 0 atom stereocenters. The minimum absolute atomic E-state index is 0.313. The summed E-state index contributed by atoms with van der Waals surface area (Å²) in [6, 6.07) is 12.1. The number of amides is 1. The van der Waals surface area contributed by atoms with E-state index in [1.54, 1.807) is 36.4 Å². The average Bonchev–Trinajstić information content (AvgIpc) is 2.79. The maximum atomic E-state index is 11.8. The number of fused-ring (bicyclic) bond motifs is 1. The molecular formula is C14H8BrNO4S. The zero-order valence-electron chi connectivity index (χ0n) is 10.5. The van der Waals surface area contributed by atoms with Crippen LogP contribution in [0.4, 0.5) is 10.5 Å². The zero-order chi connectivity index (χ0) is 14.8. The molecule has 0 fully saturated rings. The van der Waals surface area contributed by atoms with Crippen LogP contribution in [0.2, 0.25) is 0 Å². The third kappa shape index (κ3) is 3.14. The lowest BCUT2D eigenvalue weighted by Gasteiger charge is -2.07. The summed E-state index contributed by atoms with van der Waals surface area (Å²) >= 11 is 4.23. The molecule has 1 aromatic heterocycles. The van der Waals surface area contributed by atoms with Crippen LogP contribution in [0.25, 0.3) is 10.3 Å². The molecule has 0 saturated carbocycles. The molecular weight excluding hydrogens is 358 g/mol. The van der Waals surface area contributed by atoms with Gasteiger partial charge in [0, 0.05) is 17.8 Å². The summed E-state index contributed by atoms with van der Waals surface area (Å²) in [5.41, 5.74) is 1.08. The molecule has 0 aliphatic rings. The number of hydrogen-bond donors (Lipinski definition) is 1. The summed E-state index contributed by atoms with van der Waals surface area (Å²) in [6.45, 7) is 0. The Labute approximate surface area is 131 Å². The third-order valence-electron chi connectivity index (χ3n) is 2.61. The van der Waals surface area contributed by atoms with Crippen molar-refractivity contribution < 1.29 is 13.9 Å². The van der Waals surface area contributed by atoms with E-state index < -0.39 is 11.0 Å². The minimum Gasteiger partial charge on any atom is -0.414 e. The van der Waals surface area contributed by atoms with E-state index in [4.69, 9.17) is 9.15 Å². The molecule has 0 aliphatic heterocycles. The van der Waals surface area contributed by atoms with Crippen LogP contribution in [0.15, 0.2) is 56.1 Å². The first kappa shape index (κ1) is 13.8. The van der Waals surface area contributed by atoms with Crippen molar-refractivity contribution >= 4 is 49.3 Å². The second kappa shape index (κ2) is 5.71. The monoisotopic (exact) mass is 365 g/mol. The molecule has 0 spiro atoms. The van der Waals surface area contributed by atoms with Gasteiger partial charge in [0.1, 0.15) is 5.75 Å². The number of hydrogen-bond acceptors (Lipinski definition) is 5. The highest BCUT2D eigenvalue weighted by molar-refractivity contribution is 9.10. The van der Waals surface area contributed by atoms with Crippen LogP contribution >= 0.6 is 27.3 Å². The molecule has 1 N–H and O–H groups in total. The Morgan fingerprint density at radius 2 is 2.00 bits per heavy atom. The molecule has 0 unspecified atom stereocenters. The SMILES string of the molecule is O=C(Nc1ccccc1)Oc1cc2sc(=O)oc2cc1Br. The van der Waals surface area contributed by atoms with Crippen molar-refractivity contribution in [2.45, 2.75) is 0 Å². The molecule has 7 heteroatoms. The molecule has 106 valence electrons. The molecule has 0 saturated heterocycles. The number of nitrogens with one attached hydrogen (secondary N) is 1. The van der Waals surface area contributed by atoms with E-state index in [0.29, 0.717) is 26.2 Å². The van der Waals surface area contributed by atoms with E-state index in [9.17, 15) is 9.59 Å². The van der Waals surface area contributed by atoms with E-state index in [0.717, 1.165) is 11.3 Å². The van der Waals surface area contributed by atoms with Crippen molar-refractivity contribution in [1.29, 1.82) is 0 Å². The topological polar surface area (TPSA) is 68.5 Å². The molecule has 21 heavy (non-hydrogen) atoms. The standard InChI is InChI=1S/C14H8BrNO4S/c15-9-6-11-12(21-14(18)20-11)7-10(9)19-13(17)16-8-4-2-1-3-5-8/h1-7H,(H,16,17). The Morgan fingerprint density at radius 1 is 1.24 bits per heavy atom. The van der Waals surface area contributed by atoms with Gasteiger partial charge in [-0.25, -0.2) is 9.59 Å². The van der Waals surface area contributed by atoms with E-state index in [-0.39, 0.29) is 0 Å². The van der Waals surface area contributed by atoms with Gasteiger partial charge in [0.25, 0.3) is 0 Å². The van der Waals surface area contributed by atoms with Crippen molar-refractivity contribution in [3.05, 3.63) is 56.7 Å². The summed E-state index contributed by atoms with van der Waals surface area (Å²) in [6.07, 6.45) is -0.614. The van der Waals surface area contributed by atoms with Crippen molar-refractivity contribution in [3.8, 4) is 5.75 Å². The lowest BCUT2D eigenvalue weighted by Crippen LogP contribution is -2.16. The predicted octanol–water partition coefficient (Wildman–Crippen LogP) is 4.23. The molecule has 0 bridgehead atoms. The van der Waals surface area contributed by atoms with Gasteiger partial charge in [0.15, 0.2) is 5.58 Å². The number of carbonyl (C=O) groups is 1. The Balaban J connectivity index is 1.82. The first-order chi connectivity index (χ1) is 10.1. The van der Waals surface area contributed by atoms with Crippen LogP contribution in [0, 0.1) is 0 Å². The van der Waals surface area contributed by atoms with Crippen LogP contribution in [0.3, 0.4) is 0 Å². The van der Waals surface area contributed by atoms with Crippen LogP contribution in [-0.2, 0) is 0 Å². The Kier molecular flexibility index (Phi) is 3.76. The predicted molar refractivity (Wildman–Crippen MR) is 84.1 cm³/mol. The van der Waals surface area contributed by atoms with E-state index in [2.05, 4.69) is 21.2 Å². The third-order valence-corrected chi connectivity index (χ3v) is 4.02. The largest absolute Gasteiger partial charge is 0.417 e. The van der Waals surface area contributed by atoms with Crippen LogP contribution in [0.5, 0.6) is 5.75 Å². The number of carbonyl (C=O) groups excluding carboxylic acids is 1. The lowest BCUT2D eigenvalue weighted by molar-refractivity contribution is 0.215. The molecule has 5 nitrogen and oxygen atoms in total. The highest BCUT2D eigenvalue weighted by Gasteiger charge is 2.12. The second-order valence-corrected chi connectivity index (χ2v) is 5.90. The number of benzene rings is 2. The number of para-hydroxylation sites is 1. The average molecular weight is 366 g/mol. The molecule has 0 aliphatic carbocycles. The van der Waals surface area contributed by atoms with Crippen molar-refractivity contribution in [1.82, 2.24) is 0 Å².